The lowest BCUT2D eigenvalue weighted by Gasteiger charge is -2.33. The van der Waals surface area contributed by atoms with E-state index in [9.17, 15) is 9.59 Å². The second kappa shape index (κ2) is 9.43. The average Bonchev–Trinajstić information content (AvgIpc) is 2.77. The normalized spacial score (nSPS) is 14.5. The molecule has 3 rings (SSSR count). The number of hydrogen-bond acceptors (Lipinski definition) is 3. The molecule has 30 heavy (non-hydrogen) atoms. The first kappa shape index (κ1) is 22.0. The number of nitrogens with zero attached hydrogens (tertiary/aromatic N) is 2. The quantitative estimate of drug-likeness (QED) is 0.728. The van der Waals surface area contributed by atoms with Crippen LogP contribution in [0.5, 0.6) is 0 Å². The molecule has 1 saturated heterocycles. The predicted molar refractivity (Wildman–Crippen MR) is 122 cm³/mol. The van der Waals surface area contributed by atoms with Crippen molar-refractivity contribution in [2.24, 2.45) is 5.73 Å². The van der Waals surface area contributed by atoms with Crippen molar-refractivity contribution in [1.82, 2.24) is 4.90 Å². The van der Waals surface area contributed by atoms with Crippen molar-refractivity contribution >= 4 is 17.5 Å². The highest BCUT2D eigenvalue weighted by Crippen LogP contribution is 2.27. The SMILES string of the molecule is CC(C)(C)c1ccc(N(Cc2ccc(C(=O)CN)cc2)C(=O)N2CCCCC2)cc1. The van der Waals surface area contributed by atoms with E-state index >= 15 is 0 Å². The van der Waals surface area contributed by atoms with Gasteiger partial charge in [-0.25, -0.2) is 4.79 Å². The molecule has 0 atom stereocenters. The Hall–Kier alpha value is -2.66. The molecule has 2 aromatic rings. The van der Waals surface area contributed by atoms with E-state index < -0.39 is 0 Å². The van der Waals surface area contributed by atoms with Gasteiger partial charge in [-0.1, -0.05) is 57.2 Å². The van der Waals surface area contributed by atoms with Gasteiger partial charge in [0.1, 0.15) is 0 Å². The second-order valence-corrected chi connectivity index (χ2v) is 9.04. The monoisotopic (exact) mass is 407 g/mol. The van der Waals surface area contributed by atoms with Crippen molar-refractivity contribution < 1.29 is 9.59 Å². The smallest absolute Gasteiger partial charge is 0.324 e. The highest BCUT2D eigenvalue weighted by atomic mass is 16.2. The van der Waals surface area contributed by atoms with Crippen molar-refractivity contribution in [1.29, 1.82) is 0 Å². The van der Waals surface area contributed by atoms with Gasteiger partial charge in [0.2, 0.25) is 0 Å². The zero-order valence-electron chi connectivity index (χ0n) is 18.4. The second-order valence-electron chi connectivity index (χ2n) is 9.04. The standard InChI is InChI=1S/C25H33N3O2/c1-25(2,3)21-11-13-22(14-12-21)28(24(30)27-15-5-4-6-16-27)18-19-7-9-20(10-8-19)23(29)17-26/h7-14H,4-6,15-18,26H2,1-3H3. The minimum atomic E-state index is -0.0828. The summed E-state index contributed by atoms with van der Waals surface area (Å²) in [7, 11) is 0. The first-order chi connectivity index (χ1) is 14.3. The van der Waals surface area contributed by atoms with Gasteiger partial charge in [-0.2, -0.15) is 0 Å². The van der Waals surface area contributed by atoms with Gasteiger partial charge in [-0.05, 0) is 47.9 Å². The lowest BCUT2D eigenvalue weighted by molar-refractivity contribution is 0.100. The summed E-state index contributed by atoms with van der Waals surface area (Å²) in [6.07, 6.45) is 3.29. The summed E-state index contributed by atoms with van der Waals surface area (Å²) in [4.78, 5) is 29.0. The van der Waals surface area contributed by atoms with E-state index in [0.29, 0.717) is 12.1 Å². The number of benzene rings is 2. The fourth-order valence-electron chi connectivity index (χ4n) is 3.76. The van der Waals surface area contributed by atoms with Gasteiger partial charge in [0, 0.05) is 24.3 Å². The van der Waals surface area contributed by atoms with E-state index in [1.165, 1.54) is 12.0 Å². The van der Waals surface area contributed by atoms with Crippen LogP contribution in [0.2, 0.25) is 0 Å². The van der Waals surface area contributed by atoms with E-state index in [0.717, 1.165) is 37.2 Å². The number of carbonyl (C=O) groups is 2. The molecule has 0 radical (unpaired) electrons. The number of nitrogens with two attached hydrogens (primary N) is 1. The third-order valence-electron chi connectivity index (χ3n) is 5.70. The molecule has 1 heterocycles. The lowest BCUT2D eigenvalue weighted by atomic mass is 9.87. The maximum Gasteiger partial charge on any atom is 0.324 e. The molecule has 0 unspecified atom stereocenters. The Labute approximate surface area is 179 Å². The fourth-order valence-corrected chi connectivity index (χ4v) is 3.76. The molecule has 2 amide bonds. The Balaban J connectivity index is 1.87. The molecule has 0 aliphatic carbocycles. The first-order valence-electron chi connectivity index (χ1n) is 10.8. The molecule has 2 N–H and O–H groups in total. The van der Waals surface area contributed by atoms with Crippen molar-refractivity contribution in [3.8, 4) is 0 Å². The largest absolute Gasteiger partial charge is 0.324 e. The van der Waals surface area contributed by atoms with E-state index in [1.807, 2.05) is 34.1 Å². The van der Waals surface area contributed by atoms with E-state index in [-0.39, 0.29) is 23.8 Å². The molecule has 5 nitrogen and oxygen atoms in total. The minimum absolute atomic E-state index is 0.000949. The summed E-state index contributed by atoms with van der Waals surface area (Å²) in [5.74, 6) is -0.0828. The first-order valence-corrected chi connectivity index (χ1v) is 10.8. The number of anilines is 1. The molecule has 1 aliphatic rings. The van der Waals surface area contributed by atoms with Crippen LogP contribution < -0.4 is 10.6 Å². The average molecular weight is 408 g/mol. The Morgan fingerprint density at radius 1 is 0.933 bits per heavy atom. The van der Waals surface area contributed by atoms with Crippen LogP contribution in [0.25, 0.3) is 0 Å². The maximum atomic E-state index is 13.4. The van der Waals surface area contributed by atoms with Crippen molar-refractivity contribution in [3.63, 3.8) is 0 Å². The topological polar surface area (TPSA) is 66.6 Å². The fraction of sp³-hybridized carbons (Fsp3) is 0.440. The van der Waals surface area contributed by atoms with Gasteiger partial charge in [-0.15, -0.1) is 0 Å². The number of rotatable bonds is 5. The molecule has 5 heteroatoms. The van der Waals surface area contributed by atoms with E-state index in [1.54, 1.807) is 12.1 Å². The molecule has 2 aromatic carbocycles. The Bertz CT molecular complexity index is 861. The summed E-state index contributed by atoms with van der Waals surface area (Å²) < 4.78 is 0. The molecule has 0 bridgehead atoms. The van der Waals surface area contributed by atoms with Crippen LogP contribution >= 0.6 is 0 Å². The molecule has 0 aromatic heterocycles. The number of likely N-dealkylation sites (tertiary alicyclic amines) is 1. The van der Waals surface area contributed by atoms with Gasteiger partial charge < -0.3 is 10.6 Å². The highest BCUT2D eigenvalue weighted by Gasteiger charge is 2.25. The molecule has 0 spiro atoms. The minimum Gasteiger partial charge on any atom is -0.324 e. The summed E-state index contributed by atoms with van der Waals surface area (Å²) in [5.41, 5.74) is 9.23. The highest BCUT2D eigenvalue weighted by molar-refractivity contribution is 5.97. The summed E-state index contributed by atoms with van der Waals surface area (Å²) in [6.45, 7) is 8.62. The molecule has 1 aliphatic heterocycles. The number of urea groups is 1. The molecule has 0 saturated carbocycles. The zero-order chi connectivity index (χ0) is 21.7. The van der Waals surface area contributed by atoms with Crippen molar-refractivity contribution in [2.45, 2.75) is 52.0 Å². The van der Waals surface area contributed by atoms with Crippen LogP contribution in [0.15, 0.2) is 48.5 Å². The van der Waals surface area contributed by atoms with Crippen LogP contribution in [0, 0.1) is 0 Å². The number of Topliss-reactive ketones (excluding diaryl/α,β-unsaturated/α-hetero) is 1. The number of carbonyl (C=O) groups excluding carboxylic acids is 2. The van der Waals surface area contributed by atoms with Crippen LogP contribution in [-0.4, -0.2) is 36.3 Å². The maximum absolute atomic E-state index is 13.4. The zero-order valence-corrected chi connectivity index (χ0v) is 18.4. The van der Waals surface area contributed by atoms with E-state index in [2.05, 4.69) is 32.9 Å². The van der Waals surface area contributed by atoms with Crippen LogP contribution in [-0.2, 0) is 12.0 Å². The van der Waals surface area contributed by atoms with Crippen molar-refractivity contribution in [3.05, 3.63) is 65.2 Å². The summed E-state index contributed by atoms with van der Waals surface area (Å²) in [5, 5.41) is 0. The van der Waals surface area contributed by atoms with Crippen LogP contribution in [0.1, 0.15) is 61.5 Å². The lowest BCUT2D eigenvalue weighted by Crippen LogP contribution is -2.45. The van der Waals surface area contributed by atoms with E-state index in [4.69, 9.17) is 5.73 Å². The third kappa shape index (κ3) is 5.28. The number of amides is 2. The summed E-state index contributed by atoms with van der Waals surface area (Å²) >= 11 is 0. The van der Waals surface area contributed by atoms with Gasteiger partial charge in [0.05, 0.1) is 13.1 Å². The predicted octanol–water partition coefficient (Wildman–Crippen LogP) is 4.74. The Kier molecular flexibility index (Phi) is 6.93. The van der Waals surface area contributed by atoms with Crippen LogP contribution in [0.3, 0.4) is 0 Å². The Morgan fingerprint density at radius 3 is 2.07 bits per heavy atom. The molecule has 1 fully saturated rings. The molecular formula is C25H33N3O2. The van der Waals surface area contributed by atoms with Gasteiger partial charge >= 0.3 is 6.03 Å². The van der Waals surface area contributed by atoms with Crippen LogP contribution in [0.4, 0.5) is 10.5 Å². The third-order valence-corrected chi connectivity index (χ3v) is 5.70. The number of piperidine rings is 1. The summed E-state index contributed by atoms with van der Waals surface area (Å²) in [6, 6.07) is 15.7. The van der Waals surface area contributed by atoms with Crippen molar-refractivity contribution in [2.75, 3.05) is 24.5 Å². The van der Waals surface area contributed by atoms with Gasteiger partial charge in [0.25, 0.3) is 0 Å². The number of hydrogen-bond donors (Lipinski definition) is 1. The van der Waals surface area contributed by atoms with Gasteiger partial charge in [0.15, 0.2) is 5.78 Å². The van der Waals surface area contributed by atoms with Gasteiger partial charge in [-0.3, -0.25) is 9.69 Å². The molecular weight excluding hydrogens is 374 g/mol. The Morgan fingerprint density at radius 2 is 1.53 bits per heavy atom. The number of ketones is 1. The molecule has 160 valence electrons.